The monoisotopic (exact) mass is 516 g/mol. The van der Waals surface area contributed by atoms with Gasteiger partial charge in [0.05, 0.1) is 37.2 Å². The number of likely N-dealkylation sites (tertiary alicyclic amines) is 2. The lowest BCUT2D eigenvalue weighted by atomic mass is 9.75. The van der Waals surface area contributed by atoms with Crippen LogP contribution in [0.2, 0.25) is 0 Å². The Labute approximate surface area is 219 Å². The fourth-order valence-electron chi connectivity index (χ4n) is 6.10. The summed E-state index contributed by atoms with van der Waals surface area (Å²) >= 11 is 0. The summed E-state index contributed by atoms with van der Waals surface area (Å²) in [6, 6.07) is 4.42. The molecule has 4 aliphatic rings. The van der Waals surface area contributed by atoms with E-state index in [1.807, 2.05) is 0 Å². The Morgan fingerprint density at radius 3 is 1.35 bits per heavy atom. The van der Waals surface area contributed by atoms with Gasteiger partial charge in [-0.2, -0.15) is 10.5 Å². The molecule has 0 aromatic heterocycles. The SMILES string of the molecule is CCOC(=O)N1CCC2(CCC(C#N)C2=N)CC1.CCOC(=O)N1CCC2(CCC(C#N)C2=N)CC1.O. The number of nitriles is 2. The predicted octanol–water partition coefficient (Wildman–Crippen LogP) is 3.53. The van der Waals surface area contributed by atoms with Crippen molar-refractivity contribution < 1.29 is 24.5 Å². The highest BCUT2D eigenvalue weighted by Gasteiger charge is 2.48. The lowest BCUT2D eigenvalue weighted by molar-refractivity contribution is 0.0835. The van der Waals surface area contributed by atoms with Crippen LogP contribution in [0.15, 0.2) is 0 Å². The Kier molecular flexibility index (Phi) is 10.4. The van der Waals surface area contributed by atoms with Gasteiger partial charge in [-0.1, -0.05) is 0 Å². The van der Waals surface area contributed by atoms with Crippen molar-refractivity contribution in [1.29, 1.82) is 21.3 Å². The normalized spacial score (nSPS) is 25.4. The number of nitrogens with zero attached hydrogens (tertiary/aromatic N) is 4. The van der Waals surface area contributed by atoms with Crippen molar-refractivity contribution in [2.24, 2.45) is 22.7 Å². The predicted molar refractivity (Wildman–Crippen MR) is 136 cm³/mol. The van der Waals surface area contributed by atoms with Gasteiger partial charge >= 0.3 is 12.2 Å². The van der Waals surface area contributed by atoms with Gasteiger partial charge in [0, 0.05) is 48.4 Å². The van der Waals surface area contributed by atoms with Crippen LogP contribution >= 0.6 is 0 Å². The summed E-state index contributed by atoms with van der Waals surface area (Å²) in [6.07, 6.45) is 6.10. The summed E-state index contributed by atoms with van der Waals surface area (Å²) in [5, 5.41) is 34.3. The van der Waals surface area contributed by atoms with Crippen molar-refractivity contribution in [1.82, 2.24) is 9.80 Å². The molecule has 2 aliphatic carbocycles. The highest BCUT2D eigenvalue weighted by atomic mass is 16.6. The van der Waals surface area contributed by atoms with E-state index >= 15 is 0 Å². The van der Waals surface area contributed by atoms with Crippen molar-refractivity contribution in [3.63, 3.8) is 0 Å². The second-order valence-electron chi connectivity index (χ2n) is 10.2. The molecule has 2 saturated heterocycles. The topological polar surface area (TPSA) is 186 Å². The van der Waals surface area contributed by atoms with E-state index < -0.39 is 0 Å². The van der Waals surface area contributed by atoms with Crippen LogP contribution in [0.25, 0.3) is 0 Å². The average molecular weight is 517 g/mol. The van der Waals surface area contributed by atoms with Crippen LogP contribution in [0.1, 0.15) is 65.2 Å². The molecule has 4 fully saturated rings. The number of hydrogen-bond donors (Lipinski definition) is 2. The van der Waals surface area contributed by atoms with Crippen LogP contribution in [0.5, 0.6) is 0 Å². The van der Waals surface area contributed by atoms with E-state index in [0.717, 1.165) is 51.4 Å². The molecule has 0 aromatic carbocycles. The molecule has 0 aromatic rings. The highest BCUT2D eigenvalue weighted by molar-refractivity contribution is 5.94. The van der Waals surface area contributed by atoms with Gasteiger partial charge < -0.3 is 35.6 Å². The molecule has 4 rings (SSSR count). The van der Waals surface area contributed by atoms with Gasteiger partial charge in [0.1, 0.15) is 0 Å². The van der Waals surface area contributed by atoms with Crippen molar-refractivity contribution in [2.45, 2.75) is 65.2 Å². The molecule has 0 bridgehead atoms. The van der Waals surface area contributed by atoms with Gasteiger partial charge in [0.25, 0.3) is 0 Å². The number of rotatable bonds is 2. The van der Waals surface area contributed by atoms with E-state index in [2.05, 4.69) is 12.1 Å². The van der Waals surface area contributed by atoms with Gasteiger partial charge in [-0.15, -0.1) is 0 Å². The van der Waals surface area contributed by atoms with E-state index in [9.17, 15) is 9.59 Å². The van der Waals surface area contributed by atoms with Crippen LogP contribution < -0.4 is 0 Å². The number of nitrogens with one attached hydrogen (secondary N) is 2. The van der Waals surface area contributed by atoms with E-state index in [-0.39, 0.29) is 40.3 Å². The Morgan fingerprint density at radius 2 is 1.11 bits per heavy atom. The molecule has 11 nitrogen and oxygen atoms in total. The molecule has 2 atom stereocenters. The summed E-state index contributed by atoms with van der Waals surface area (Å²) in [5.74, 6) is -0.418. The minimum atomic E-state index is -0.256. The maximum atomic E-state index is 11.6. The van der Waals surface area contributed by atoms with Gasteiger partial charge in [-0.3, -0.25) is 0 Å². The van der Waals surface area contributed by atoms with Crippen molar-refractivity contribution in [3.8, 4) is 12.1 Å². The van der Waals surface area contributed by atoms with E-state index in [4.69, 9.17) is 30.8 Å². The first-order valence-corrected chi connectivity index (χ1v) is 13.1. The molecular weight excluding hydrogens is 476 g/mol. The fraction of sp³-hybridized carbons (Fsp3) is 0.769. The average Bonchev–Trinajstić information content (AvgIpc) is 3.36. The summed E-state index contributed by atoms with van der Waals surface area (Å²) in [6.45, 7) is 6.94. The van der Waals surface area contributed by atoms with E-state index in [0.29, 0.717) is 50.8 Å². The van der Waals surface area contributed by atoms with Gasteiger partial charge in [-0.25, -0.2) is 9.59 Å². The minimum absolute atomic E-state index is 0. The number of ether oxygens (including phenoxy) is 2. The maximum absolute atomic E-state index is 11.6. The highest BCUT2D eigenvalue weighted by Crippen LogP contribution is 2.47. The van der Waals surface area contributed by atoms with Crippen molar-refractivity contribution in [3.05, 3.63) is 0 Å². The maximum Gasteiger partial charge on any atom is 0.409 e. The van der Waals surface area contributed by atoms with E-state index in [1.165, 1.54) is 0 Å². The molecule has 37 heavy (non-hydrogen) atoms. The molecule has 2 heterocycles. The number of hydrogen-bond acceptors (Lipinski definition) is 8. The van der Waals surface area contributed by atoms with Gasteiger partial charge in [-0.05, 0) is 65.2 Å². The standard InChI is InChI=1S/2C13H19N3O2.H2O/c2*1-2-18-12(17)16-7-5-13(6-8-16)4-3-10(9-14)11(13)15;/h2*10,15H,2-8H2,1H3;1H2. The molecule has 4 N–H and O–H groups in total. The summed E-state index contributed by atoms with van der Waals surface area (Å²) in [7, 11) is 0. The van der Waals surface area contributed by atoms with Crippen LogP contribution in [0, 0.1) is 56.1 Å². The summed E-state index contributed by atoms with van der Waals surface area (Å²) < 4.78 is 9.97. The van der Waals surface area contributed by atoms with Gasteiger partial charge in [0.15, 0.2) is 0 Å². The molecule has 2 saturated carbocycles. The molecule has 204 valence electrons. The summed E-state index contributed by atoms with van der Waals surface area (Å²) in [4.78, 5) is 26.6. The zero-order valence-electron chi connectivity index (χ0n) is 22.0. The third-order valence-electron chi connectivity index (χ3n) is 8.47. The number of carbonyl (C=O) groups is 2. The zero-order chi connectivity index (χ0) is 26.3. The van der Waals surface area contributed by atoms with Gasteiger partial charge in [0.2, 0.25) is 0 Å². The Hall–Kier alpha value is -3.18. The van der Waals surface area contributed by atoms with E-state index in [1.54, 1.807) is 23.6 Å². The third-order valence-corrected chi connectivity index (χ3v) is 8.47. The van der Waals surface area contributed by atoms with Crippen LogP contribution in [0.4, 0.5) is 9.59 Å². The number of amides is 2. The molecule has 0 radical (unpaired) electrons. The first-order valence-electron chi connectivity index (χ1n) is 13.1. The fourth-order valence-corrected chi connectivity index (χ4v) is 6.10. The largest absolute Gasteiger partial charge is 0.450 e. The molecule has 2 aliphatic heterocycles. The third kappa shape index (κ3) is 6.22. The van der Waals surface area contributed by atoms with Crippen molar-refractivity contribution >= 4 is 23.6 Å². The van der Waals surface area contributed by atoms with Crippen LogP contribution in [-0.2, 0) is 9.47 Å². The molecule has 2 spiro atoms. The molecule has 2 amide bonds. The summed E-state index contributed by atoms with van der Waals surface area (Å²) in [5.41, 5.74) is 0.939. The van der Waals surface area contributed by atoms with Crippen LogP contribution in [0.3, 0.4) is 0 Å². The smallest absolute Gasteiger partial charge is 0.409 e. The second-order valence-corrected chi connectivity index (χ2v) is 10.2. The minimum Gasteiger partial charge on any atom is -0.450 e. The lowest BCUT2D eigenvalue weighted by Gasteiger charge is -2.38. The first-order chi connectivity index (χ1) is 17.3. The van der Waals surface area contributed by atoms with Crippen LogP contribution in [-0.4, -0.2) is 78.3 Å². The zero-order valence-corrected chi connectivity index (χ0v) is 22.0. The quantitative estimate of drug-likeness (QED) is 0.565. The molecule has 11 heteroatoms. The Morgan fingerprint density at radius 1 is 0.784 bits per heavy atom. The number of piperidine rings is 2. The molecular formula is C26H40N6O5. The second kappa shape index (κ2) is 12.9. The Bertz CT molecular complexity index is 862. The first kappa shape index (κ1) is 30.0. The Balaban J connectivity index is 0.000000253. The molecule has 2 unspecified atom stereocenters. The van der Waals surface area contributed by atoms with Crippen molar-refractivity contribution in [2.75, 3.05) is 39.4 Å². The lowest BCUT2D eigenvalue weighted by Crippen LogP contribution is -2.45. The number of carbonyl (C=O) groups excluding carboxylic acids is 2.